The van der Waals surface area contributed by atoms with Crippen molar-refractivity contribution in [1.29, 1.82) is 0 Å². The lowest BCUT2D eigenvalue weighted by atomic mass is 9.97. The van der Waals surface area contributed by atoms with Crippen molar-refractivity contribution in [1.82, 2.24) is 14.9 Å². The third-order valence-corrected chi connectivity index (χ3v) is 5.48. The number of carbonyl (C=O) groups excluding carboxylic acids is 1. The standard InChI is InChI=1S/C17H23N3O2S/c1-3-20-14-7-5-4-6-13(14)18-16(20)23-10-15(22)19-17(2,11-21)12-8-9-12/h4-7,12,21H,3,8-11H2,1-2H3,(H,19,22). The Morgan fingerprint density at radius 1 is 1.48 bits per heavy atom. The highest BCUT2D eigenvalue weighted by atomic mass is 32.2. The van der Waals surface area contributed by atoms with Crippen LogP contribution in [0.3, 0.4) is 0 Å². The largest absolute Gasteiger partial charge is 0.394 e. The van der Waals surface area contributed by atoms with Gasteiger partial charge in [-0.3, -0.25) is 4.79 Å². The van der Waals surface area contributed by atoms with Gasteiger partial charge in [-0.2, -0.15) is 0 Å². The Hall–Kier alpha value is -1.53. The maximum absolute atomic E-state index is 12.3. The van der Waals surface area contributed by atoms with Crippen LogP contribution in [0.4, 0.5) is 0 Å². The van der Waals surface area contributed by atoms with Gasteiger partial charge in [-0.05, 0) is 44.7 Å². The van der Waals surface area contributed by atoms with Gasteiger partial charge in [-0.15, -0.1) is 0 Å². The number of aryl methyl sites for hydroxylation is 1. The molecule has 5 nitrogen and oxygen atoms in total. The Kier molecular flexibility index (Phi) is 4.64. The zero-order chi connectivity index (χ0) is 16.4. The number of carbonyl (C=O) groups is 1. The summed E-state index contributed by atoms with van der Waals surface area (Å²) < 4.78 is 2.12. The molecule has 0 saturated heterocycles. The van der Waals surface area contributed by atoms with E-state index >= 15 is 0 Å². The molecule has 1 aromatic heterocycles. The number of rotatable bonds is 7. The lowest BCUT2D eigenvalue weighted by molar-refractivity contribution is -0.121. The number of hydrogen-bond donors (Lipinski definition) is 2. The van der Waals surface area contributed by atoms with Crippen molar-refractivity contribution >= 4 is 28.7 Å². The van der Waals surface area contributed by atoms with Crippen molar-refractivity contribution in [2.24, 2.45) is 5.92 Å². The molecule has 0 radical (unpaired) electrons. The third kappa shape index (κ3) is 3.38. The molecule has 0 spiro atoms. The molecule has 1 fully saturated rings. The fraction of sp³-hybridized carbons (Fsp3) is 0.529. The minimum atomic E-state index is -0.484. The summed E-state index contributed by atoms with van der Waals surface area (Å²) in [5.74, 6) is 0.667. The second-order valence-electron chi connectivity index (χ2n) is 6.31. The van der Waals surface area contributed by atoms with Gasteiger partial charge in [0.05, 0.1) is 28.9 Å². The van der Waals surface area contributed by atoms with E-state index in [0.717, 1.165) is 35.6 Å². The van der Waals surface area contributed by atoms with Gasteiger partial charge in [0.15, 0.2) is 5.16 Å². The fourth-order valence-electron chi connectivity index (χ4n) is 2.95. The lowest BCUT2D eigenvalue weighted by Crippen LogP contribution is -2.51. The summed E-state index contributed by atoms with van der Waals surface area (Å²) in [5.41, 5.74) is 1.56. The normalized spacial score (nSPS) is 17.2. The van der Waals surface area contributed by atoms with Crippen molar-refractivity contribution in [3.05, 3.63) is 24.3 Å². The number of aliphatic hydroxyl groups excluding tert-OH is 1. The van der Waals surface area contributed by atoms with Gasteiger partial charge >= 0.3 is 0 Å². The quantitative estimate of drug-likeness (QED) is 0.764. The fourth-order valence-corrected chi connectivity index (χ4v) is 3.82. The van der Waals surface area contributed by atoms with E-state index < -0.39 is 5.54 Å². The summed E-state index contributed by atoms with van der Waals surface area (Å²) in [7, 11) is 0. The Bertz CT molecular complexity index is 711. The number of fused-ring (bicyclic) bond motifs is 1. The zero-order valence-corrected chi connectivity index (χ0v) is 14.4. The van der Waals surface area contributed by atoms with E-state index in [-0.39, 0.29) is 12.5 Å². The van der Waals surface area contributed by atoms with E-state index in [1.165, 1.54) is 11.8 Å². The van der Waals surface area contributed by atoms with Crippen molar-refractivity contribution < 1.29 is 9.90 Å². The molecule has 1 unspecified atom stereocenters. The van der Waals surface area contributed by atoms with Gasteiger partial charge in [0, 0.05) is 6.54 Å². The Labute approximate surface area is 140 Å². The first-order valence-electron chi connectivity index (χ1n) is 8.07. The van der Waals surface area contributed by atoms with Crippen LogP contribution in [0.2, 0.25) is 0 Å². The molecular weight excluding hydrogens is 310 g/mol. The predicted molar refractivity (Wildman–Crippen MR) is 92.5 cm³/mol. The number of hydrogen-bond acceptors (Lipinski definition) is 4. The number of aliphatic hydroxyl groups is 1. The van der Waals surface area contributed by atoms with E-state index in [9.17, 15) is 9.90 Å². The van der Waals surface area contributed by atoms with Gasteiger partial charge in [0.25, 0.3) is 0 Å². The van der Waals surface area contributed by atoms with Crippen molar-refractivity contribution in [3.8, 4) is 0 Å². The molecule has 23 heavy (non-hydrogen) atoms. The van der Waals surface area contributed by atoms with Crippen LogP contribution in [0.1, 0.15) is 26.7 Å². The number of imidazole rings is 1. The number of aromatic nitrogens is 2. The molecule has 0 aliphatic heterocycles. The molecular formula is C17H23N3O2S. The van der Waals surface area contributed by atoms with E-state index in [1.807, 2.05) is 31.2 Å². The van der Waals surface area contributed by atoms with Crippen molar-refractivity contribution in [2.45, 2.75) is 43.9 Å². The van der Waals surface area contributed by atoms with Crippen LogP contribution in [-0.2, 0) is 11.3 Å². The van der Waals surface area contributed by atoms with Gasteiger partial charge in [-0.25, -0.2) is 4.98 Å². The first kappa shape index (κ1) is 16.3. The third-order valence-electron chi connectivity index (χ3n) is 4.50. The first-order chi connectivity index (χ1) is 11.1. The molecule has 1 aliphatic carbocycles. The van der Waals surface area contributed by atoms with Crippen molar-refractivity contribution in [3.63, 3.8) is 0 Å². The Morgan fingerprint density at radius 2 is 2.22 bits per heavy atom. The molecule has 0 bridgehead atoms. The maximum atomic E-state index is 12.3. The Balaban J connectivity index is 1.67. The van der Waals surface area contributed by atoms with Crippen molar-refractivity contribution in [2.75, 3.05) is 12.4 Å². The molecule has 2 N–H and O–H groups in total. The molecule has 3 rings (SSSR count). The van der Waals surface area contributed by atoms with Gasteiger partial charge < -0.3 is 15.0 Å². The highest BCUT2D eigenvalue weighted by Crippen LogP contribution is 2.39. The summed E-state index contributed by atoms with van der Waals surface area (Å²) in [5, 5.41) is 13.4. The monoisotopic (exact) mass is 333 g/mol. The van der Waals surface area contributed by atoms with Gasteiger partial charge in [-0.1, -0.05) is 23.9 Å². The van der Waals surface area contributed by atoms with Crippen LogP contribution in [0.5, 0.6) is 0 Å². The molecule has 1 aromatic carbocycles. The second kappa shape index (κ2) is 6.53. The van der Waals surface area contributed by atoms with E-state index in [0.29, 0.717) is 11.7 Å². The summed E-state index contributed by atoms with van der Waals surface area (Å²) in [4.78, 5) is 16.9. The van der Waals surface area contributed by atoms with Crippen LogP contribution in [0.25, 0.3) is 11.0 Å². The first-order valence-corrected chi connectivity index (χ1v) is 9.06. The van der Waals surface area contributed by atoms with E-state index in [1.54, 1.807) is 0 Å². The van der Waals surface area contributed by atoms with Crippen LogP contribution >= 0.6 is 11.8 Å². The van der Waals surface area contributed by atoms with Crippen LogP contribution in [-0.4, -0.2) is 38.5 Å². The SMILES string of the molecule is CCn1c(SCC(=O)NC(C)(CO)C2CC2)nc2ccccc21. The summed E-state index contributed by atoms with van der Waals surface area (Å²) in [6, 6.07) is 8.01. The summed E-state index contributed by atoms with van der Waals surface area (Å²) in [6.07, 6.45) is 2.16. The average molecular weight is 333 g/mol. The number of thioether (sulfide) groups is 1. The van der Waals surface area contributed by atoms with E-state index in [4.69, 9.17) is 0 Å². The molecule has 124 valence electrons. The molecule has 1 aliphatic rings. The number of nitrogens with zero attached hydrogens (tertiary/aromatic N) is 2. The molecule has 1 heterocycles. The van der Waals surface area contributed by atoms with Crippen LogP contribution in [0, 0.1) is 5.92 Å². The highest BCUT2D eigenvalue weighted by Gasteiger charge is 2.42. The minimum Gasteiger partial charge on any atom is -0.394 e. The zero-order valence-electron chi connectivity index (χ0n) is 13.6. The minimum absolute atomic E-state index is 0.0124. The molecule has 1 amide bonds. The van der Waals surface area contributed by atoms with Gasteiger partial charge in [0.1, 0.15) is 0 Å². The number of benzene rings is 1. The smallest absolute Gasteiger partial charge is 0.230 e. The molecule has 1 saturated carbocycles. The predicted octanol–water partition coefficient (Wildman–Crippen LogP) is 2.43. The number of amides is 1. The van der Waals surface area contributed by atoms with Gasteiger partial charge in [0.2, 0.25) is 5.91 Å². The summed E-state index contributed by atoms with van der Waals surface area (Å²) in [6.45, 7) is 4.81. The number of para-hydroxylation sites is 2. The summed E-state index contributed by atoms with van der Waals surface area (Å²) >= 11 is 1.45. The maximum Gasteiger partial charge on any atom is 0.230 e. The topological polar surface area (TPSA) is 67.2 Å². The highest BCUT2D eigenvalue weighted by molar-refractivity contribution is 7.99. The molecule has 6 heteroatoms. The molecule has 1 atom stereocenters. The van der Waals surface area contributed by atoms with Crippen LogP contribution < -0.4 is 5.32 Å². The van der Waals surface area contributed by atoms with E-state index in [2.05, 4.69) is 21.8 Å². The number of nitrogens with one attached hydrogen (secondary N) is 1. The lowest BCUT2D eigenvalue weighted by Gasteiger charge is -2.28. The average Bonchev–Trinajstić information content (AvgIpc) is 3.34. The Morgan fingerprint density at radius 3 is 2.87 bits per heavy atom. The molecule has 2 aromatic rings. The van der Waals surface area contributed by atoms with Crippen LogP contribution in [0.15, 0.2) is 29.4 Å². The second-order valence-corrected chi connectivity index (χ2v) is 7.26.